The average Bonchev–Trinajstić information content (AvgIpc) is 2.43. The van der Waals surface area contributed by atoms with Gasteiger partial charge < -0.3 is 4.74 Å². The minimum atomic E-state index is -0.370. The molecule has 5 rings (SSSR count). The molecular formula is C18H19Cl3O2. The van der Waals surface area contributed by atoms with E-state index in [1.54, 1.807) is 18.2 Å². The van der Waals surface area contributed by atoms with Crippen LogP contribution >= 0.6 is 34.8 Å². The first-order chi connectivity index (χ1) is 10.9. The van der Waals surface area contributed by atoms with Crippen molar-refractivity contribution in [2.24, 2.45) is 17.3 Å². The SMILES string of the molecule is O=C(OCc1ccc(Cl)cc1Cl)C12C[C@@H]3C[C@@H](CC(Cl)(C3)C1)C2. The number of hydrogen-bond donors (Lipinski definition) is 0. The highest BCUT2D eigenvalue weighted by molar-refractivity contribution is 6.35. The fourth-order valence-electron chi connectivity index (χ4n) is 5.32. The Labute approximate surface area is 151 Å². The van der Waals surface area contributed by atoms with Crippen molar-refractivity contribution in [2.45, 2.75) is 50.0 Å². The first kappa shape index (κ1) is 16.1. The number of esters is 1. The number of alkyl halides is 1. The van der Waals surface area contributed by atoms with Crippen LogP contribution in [0.2, 0.25) is 10.0 Å². The Bertz CT molecular complexity index is 644. The first-order valence-corrected chi connectivity index (χ1v) is 9.31. The van der Waals surface area contributed by atoms with Gasteiger partial charge in [0.05, 0.1) is 5.41 Å². The summed E-state index contributed by atoms with van der Waals surface area (Å²) in [5, 5.41) is 1.11. The maximum atomic E-state index is 12.8. The quantitative estimate of drug-likeness (QED) is 0.508. The van der Waals surface area contributed by atoms with E-state index in [9.17, 15) is 4.79 Å². The molecule has 4 atom stereocenters. The number of rotatable bonds is 3. The fraction of sp³-hybridized carbons (Fsp3) is 0.611. The summed E-state index contributed by atoms with van der Waals surface area (Å²) in [5.41, 5.74) is 0.416. The van der Waals surface area contributed by atoms with Crippen molar-refractivity contribution in [3.8, 4) is 0 Å². The summed E-state index contributed by atoms with van der Waals surface area (Å²) in [7, 11) is 0. The first-order valence-electron chi connectivity index (χ1n) is 8.18. The zero-order valence-corrected chi connectivity index (χ0v) is 15.1. The predicted octanol–water partition coefficient (Wildman–Crippen LogP) is 5.61. The number of halogens is 3. The van der Waals surface area contributed by atoms with Crippen LogP contribution in [-0.4, -0.2) is 10.8 Å². The summed E-state index contributed by atoms with van der Waals surface area (Å²) in [6.07, 6.45) is 5.98. The van der Waals surface area contributed by atoms with E-state index in [-0.39, 0.29) is 22.9 Å². The van der Waals surface area contributed by atoms with Gasteiger partial charge in [0.1, 0.15) is 6.61 Å². The molecule has 5 heteroatoms. The van der Waals surface area contributed by atoms with Gasteiger partial charge >= 0.3 is 5.97 Å². The van der Waals surface area contributed by atoms with Gasteiger partial charge in [-0.05, 0) is 62.5 Å². The number of carbonyl (C=O) groups excluding carboxylic acids is 1. The van der Waals surface area contributed by atoms with E-state index in [1.165, 1.54) is 6.42 Å². The highest BCUT2D eigenvalue weighted by Crippen LogP contribution is 2.64. The molecule has 0 aromatic heterocycles. The van der Waals surface area contributed by atoms with Crippen LogP contribution in [0.3, 0.4) is 0 Å². The second kappa shape index (κ2) is 5.54. The molecule has 0 N–H and O–H groups in total. The lowest BCUT2D eigenvalue weighted by molar-refractivity contribution is -0.171. The molecular weight excluding hydrogens is 355 g/mol. The highest BCUT2D eigenvalue weighted by atomic mass is 35.5. The van der Waals surface area contributed by atoms with E-state index in [4.69, 9.17) is 39.5 Å². The minimum absolute atomic E-state index is 0.0948. The number of hydrogen-bond acceptors (Lipinski definition) is 2. The molecule has 0 spiro atoms. The molecule has 4 saturated carbocycles. The molecule has 0 aliphatic heterocycles. The zero-order chi connectivity index (χ0) is 16.2. The molecule has 2 nitrogen and oxygen atoms in total. The van der Waals surface area contributed by atoms with Crippen molar-refractivity contribution in [2.75, 3.05) is 0 Å². The van der Waals surface area contributed by atoms with Gasteiger partial charge in [-0.25, -0.2) is 0 Å². The summed E-state index contributed by atoms with van der Waals surface area (Å²) in [6, 6.07) is 5.24. The van der Waals surface area contributed by atoms with Gasteiger partial charge in [-0.1, -0.05) is 29.3 Å². The maximum absolute atomic E-state index is 12.8. The van der Waals surface area contributed by atoms with Crippen LogP contribution in [0.25, 0.3) is 0 Å². The van der Waals surface area contributed by atoms with Crippen LogP contribution in [-0.2, 0) is 16.1 Å². The summed E-state index contributed by atoms with van der Waals surface area (Å²) >= 11 is 18.8. The van der Waals surface area contributed by atoms with Gasteiger partial charge in [-0.2, -0.15) is 0 Å². The molecule has 0 heterocycles. The van der Waals surface area contributed by atoms with E-state index >= 15 is 0 Å². The lowest BCUT2D eigenvalue weighted by Gasteiger charge is -2.58. The number of ether oxygens (including phenoxy) is 1. The van der Waals surface area contributed by atoms with Crippen molar-refractivity contribution in [3.63, 3.8) is 0 Å². The van der Waals surface area contributed by atoms with Gasteiger partial charge in [0.25, 0.3) is 0 Å². The van der Waals surface area contributed by atoms with Crippen LogP contribution in [0, 0.1) is 17.3 Å². The van der Waals surface area contributed by atoms with Gasteiger partial charge in [-0.3, -0.25) is 4.79 Å². The topological polar surface area (TPSA) is 26.3 Å². The Morgan fingerprint density at radius 2 is 1.87 bits per heavy atom. The van der Waals surface area contributed by atoms with Gasteiger partial charge in [0.2, 0.25) is 0 Å². The number of benzene rings is 1. The van der Waals surface area contributed by atoms with Crippen molar-refractivity contribution in [1.29, 1.82) is 0 Å². The van der Waals surface area contributed by atoms with E-state index in [2.05, 4.69) is 0 Å². The predicted molar refractivity (Wildman–Crippen MR) is 92.0 cm³/mol. The molecule has 1 aromatic rings. The van der Waals surface area contributed by atoms with E-state index in [0.717, 1.165) is 37.7 Å². The van der Waals surface area contributed by atoms with Crippen molar-refractivity contribution < 1.29 is 9.53 Å². The molecule has 4 bridgehead atoms. The zero-order valence-electron chi connectivity index (χ0n) is 12.8. The maximum Gasteiger partial charge on any atom is 0.312 e. The standard InChI is InChI=1S/C18H19Cl3O2/c19-14-2-1-13(15(20)4-14)9-23-16(22)17-5-11-3-12(6-17)8-18(21,7-11)10-17/h1-2,4,11-12H,3,5-10H2/t11-,12+,17?,18?. The van der Waals surface area contributed by atoms with Crippen LogP contribution in [0.5, 0.6) is 0 Å². The fourth-order valence-corrected chi connectivity index (χ4v) is 6.48. The minimum Gasteiger partial charge on any atom is -0.460 e. The summed E-state index contributed by atoms with van der Waals surface area (Å²) in [5.74, 6) is 1.07. The van der Waals surface area contributed by atoms with E-state index in [1.807, 2.05) is 0 Å². The molecule has 0 radical (unpaired) electrons. The number of carbonyl (C=O) groups is 1. The van der Waals surface area contributed by atoms with Crippen molar-refractivity contribution in [1.82, 2.24) is 0 Å². The molecule has 23 heavy (non-hydrogen) atoms. The van der Waals surface area contributed by atoms with Gasteiger partial charge in [0, 0.05) is 20.5 Å². The third-order valence-corrected chi connectivity index (χ3v) is 6.83. The average molecular weight is 374 g/mol. The second-order valence-corrected chi connectivity index (χ2v) is 9.35. The molecule has 4 aliphatic carbocycles. The Morgan fingerprint density at radius 3 is 2.48 bits per heavy atom. The van der Waals surface area contributed by atoms with Crippen molar-refractivity contribution in [3.05, 3.63) is 33.8 Å². The van der Waals surface area contributed by atoms with Crippen LogP contribution in [0.4, 0.5) is 0 Å². The summed E-state index contributed by atoms with van der Waals surface area (Å²) in [4.78, 5) is 12.7. The Kier molecular flexibility index (Phi) is 3.87. The second-order valence-electron chi connectivity index (χ2n) is 7.70. The smallest absolute Gasteiger partial charge is 0.312 e. The molecule has 124 valence electrons. The largest absolute Gasteiger partial charge is 0.460 e. The normalized spacial score (nSPS) is 37.9. The lowest BCUT2D eigenvalue weighted by atomic mass is 9.49. The van der Waals surface area contributed by atoms with Gasteiger partial charge in [-0.15, -0.1) is 11.6 Å². The Balaban J connectivity index is 1.49. The molecule has 4 aliphatic rings. The molecule has 1 aromatic carbocycles. The summed E-state index contributed by atoms with van der Waals surface area (Å²) in [6.45, 7) is 0.196. The Hall–Kier alpha value is -0.440. The molecule has 0 saturated heterocycles. The molecule has 2 unspecified atom stereocenters. The lowest BCUT2D eigenvalue weighted by Crippen LogP contribution is -2.56. The van der Waals surface area contributed by atoms with E-state index < -0.39 is 0 Å². The van der Waals surface area contributed by atoms with Crippen LogP contribution in [0.15, 0.2) is 18.2 Å². The molecule has 0 amide bonds. The third-order valence-electron chi connectivity index (χ3n) is 5.80. The monoisotopic (exact) mass is 372 g/mol. The van der Waals surface area contributed by atoms with Crippen molar-refractivity contribution >= 4 is 40.8 Å². The highest BCUT2D eigenvalue weighted by Gasteiger charge is 2.60. The Morgan fingerprint density at radius 1 is 1.17 bits per heavy atom. The van der Waals surface area contributed by atoms with Crippen LogP contribution < -0.4 is 0 Å². The third kappa shape index (κ3) is 2.88. The summed E-state index contributed by atoms with van der Waals surface area (Å²) < 4.78 is 5.65. The van der Waals surface area contributed by atoms with E-state index in [0.29, 0.717) is 21.9 Å². The van der Waals surface area contributed by atoms with Gasteiger partial charge in [0.15, 0.2) is 0 Å². The van der Waals surface area contributed by atoms with Crippen LogP contribution in [0.1, 0.15) is 44.1 Å². The molecule has 4 fully saturated rings.